The Morgan fingerprint density at radius 2 is 2.50 bits per heavy atom. The summed E-state index contributed by atoms with van der Waals surface area (Å²) in [4.78, 5) is 1.55. The lowest BCUT2D eigenvalue weighted by Gasteiger charge is -2.02. The highest BCUT2D eigenvalue weighted by atomic mass is 32.1. The maximum atomic E-state index is 2.45. The van der Waals surface area contributed by atoms with Gasteiger partial charge in [-0.2, -0.15) is 0 Å². The molecule has 1 aromatic heterocycles. The van der Waals surface area contributed by atoms with Crippen molar-refractivity contribution < 1.29 is 0 Å². The molecule has 0 aliphatic heterocycles. The van der Waals surface area contributed by atoms with Crippen LogP contribution in [0.3, 0.4) is 0 Å². The Labute approximate surface area is 65.9 Å². The smallest absolute Gasteiger partial charge is 0.00790 e. The van der Waals surface area contributed by atoms with Crippen LogP contribution in [0.25, 0.3) is 0 Å². The molecule has 0 amide bonds. The van der Waals surface area contributed by atoms with Gasteiger partial charge in [0.1, 0.15) is 0 Å². The van der Waals surface area contributed by atoms with Gasteiger partial charge in [-0.25, -0.2) is 0 Å². The fraction of sp³-hybridized carbons (Fsp3) is 0.444. The molecule has 1 saturated carbocycles. The van der Waals surface area contributed by atoms with Gasteiger partial charge in [0.05, 0.1) is 0 Å². The van der Waals surface area contributed by atoms with E-state index in [2.05, 4.69) is 23.9 Å². The first kappa shape index (κ1) is 6.41. The van der Waals surface area contributed by atoms with Crippen molar-refractivity contribution in [3.63, 3.8) is 0 Å². The van der Waals surface area contributed by atoms with E-state index < -0.39 is 0 Å². The first-order chi connectivity index (χ1) is 4.97. The van der Waals surface area contributed by atoms with Crippen LogP contribution in [-0.4, -0.2) is 0 Å². The molecule has 1 atom stereocenters. The molecule has 1 heteroatoms. The molecule has 0 aromatic carbocycles. The molecule has 2 rings (SSSR count). The van der Waals surface area contributed by atoms with E-state index in [0.29, 0.717) is 0 Å². The van der Waals surface area contributed by atoms with Crippen molar-refractivity contribution >= 4 is 11.3 Å². The molecule has 1 heterocycles. The molecule has 1 aliphatic rings. The summed E-state index contributed by atoms with van der Waals surface area (Å²) in [5.41, 5.74) is 0. The number of hydrogen-bond donors (Lipinski definition) is 0. The maximum absolute atomic E-state index is 2.45. The molecule has 0 spiro atoms. The van der Waals surface area contributed by atoms with Crippen LogP contribution in [-0.2, 0) is 0 Å². The predicted molar refractivity (Wildman–Crippen MR) is 45.2 cm³/mol. The molecule has 0 nitrogen and oxygen atoms in total. The Balaban J connectivity index is 2.12. The molecule has 1 unspecified atom stereocenters. The van der Waals surface area contributed by atoms with Crippen LogP contribution in [0, 0.1) is 6.42 Å². The molecule has 0 bridgehead atoms. The van der Waals surface area contributed by atoms with Crippen molar-refractivity contribution in [3.05, 3.63) is 28.8 Å². The van der Waals surface area contributed by atoms with Gasteiger partial charge in [0.2, 0.25) is 0 Å². The molecule has 10 heavy (non-hydrogen) atoms. The quantitative estimate of drug-likeness (QED) is 0.578. The topological polar surface area (TPSA) is 0 Å². The second kappa shape index (κ2) is 2.75. The van der Waals surface area contributed by atoms with Crippen LogP contribution in [0.4, 0.5) is 0 Å². The van der Waals surface area contributed by atoms with Gasteiger partial charge in [-0.15, -0.1) is 11.3 Å². The molecule has 0 saturated heterocycles. The summed E-state index contributed by atoms with van der Waals surface area (Å²) in [6.45, 7) is 0. The summed E-state index contributed by atoms with van der Waals surface area (Å²) in [6.07, 6.45) is 6.54. The average molecular weight is 151 g/mol. The Morgan fingerprint density at radius 3 is 3.10 bits per heavy atom. The van der Waals surface area contributed by atoms with E-state index in [0.717, 1.165) is 5.92 Å². The van der Waals surface area contributed by atoms with Crippen molar-refractivity contribution in [2.45, 2.75) is 25.2 Å². The van der Waals surface area contributed by atoms with Crippen LogP contribution < -0.4 is 0 Å². The van der Waals surface area contributed by atoms with Crippen molar-refractivity contribution in [1.82, 2.24) is 0 Å². The fourth-order valence-electron chi connectivity index (χ4n) is 1.54. The van der Waals surface area contributed by atoms with Gasteiger partial charge in [0.25, 0.3) is 0 Å². The first-order valence-electron chi connectivity index (χ1n) is 3.83. The van der Waals surface area contributed by atoms with E-state index in [9.17, 15) is 0 Å². The number of hydrogen-bond acceptors (Lipinski definition) is 1. The molecule has 0 N–H and O–H groups in total. The largest absolute Gasteiger partial charge is 0.149 e. The Morgan fingerprint density at radius 1 is 1.50 bits per heavy atom. The van der Waals surface area contributed by atoms with Gasteiger partial charge in [-0.05, 0) is 36.6 Å². The summed E-state index contributed by atoms with van der Waals surface area (Å²) in [5, 5.41) is 2.17. The standard InChI is InChI=1S/C9H11S/c1-2-5-8(4-1)9-6-3-7-10-9/h3-4,6-8H,1-2,5H2. The zero-order valence-corrected chi connectivity index (χ0v) is 6.73. The van der Waals surface area contributed by atoms with E-state index >= 15 is 0 Å². The van der Waals surface area contributed by atoms with Crippen LogP contribution in [0.2, 0.25) is 0 Å². The average Bonchev–Trinajstić information content (AvgIpc) is 2.59. The van der Waals surface area contributed by atoms with E-state index in [4.69, 9.17) is 0 Å². The maximum Gasteiger partial charge on any atom is 0.00790 e. The Kier molecular flexibility index (Phi) is 1.76. The normalized spacial score (nSPS) is 20.0. The molecule has 1 aromatic rings. The predicted octanol–water partition coefficient (Wildman–Crippen LogP) is 3.22. The van der Waals surface area contributed by atoms with Crippen molar-refractivity contribution in [3.8, 4) is 0 Å². The van der Waals surface area contributed by atoms with E-state index in [1.807, 2.05) is 11.3 Å². The fourth-order valence-corrected chi connectivity index (χ4v) is 2.40. The Hall–Kier alpha value is -0.300. The van der Waals surface area contributed by atoms with Crippen molar-refractivity contribution in [2.24, 2.45) is 0 Å². The second-order valence-electron chi connectivity index (χ2n) is 2.79. The van der Waals surface area contributed by atoms with Gasteiger partial charge in [-0.1, -0.05) is 12.5 Å². The monoisotopic (exact) mass is 151 g/mol. The lowest BCUT2D eigenvalue weighted by Crippen LogP contribution is -1.86. The molecular weight excluding hydrogens is 140 g/mol. The number of thiophene rings is 1. The number of rotatable bonds is 1. The minimum absolute atomic E-state index is 0.792. The molecule has 1 fully saturated rings. The second-order valence-corrected chi connectivity index (χ2v) is 3.77. The van der Waals surface area contributed by atoms with E-state index in [-0.39, 0.29) is 0 Å². The first-order valence-corrected chi connectivity index (χ1v) is 4.71. The van der Waals surface area contributed by atoms with E-state index in [1.54, 1.807) is 4.88 Å². The van der Waals surface area contributed by atoms with Gasteiger partial charge in [0.15, 0.2) is 0 Å². The zero-order chi connectivity index (χ0) is 6.81. The molecule has 53 valence electrons. The minimum Gasteiger partial charge on any atom is -0.149 e. The summed E-state index contributed by atoms with van der Waals surface area (Å²) < 4.78 is 0. The van der Waals surface area contributed by atoms with Gasteiger partial charge in [-0.3, -0.25) is 0 Å². The minimum atomic E-state index is 0.792. The van der Waals surface area contributed by atoms with Crippen LogP contribution in [0.5, 0.6) is 0 Å². The van der Waals surface area contributed by atoms with Gasteiger partial charge < -0.3 is 0 Å². The molecule has 1 radical (unpaired) electrons. The van der Waals surface area contributed by atoms with E-state index in [1.165, 1.54) is 19.3 Å². The zero-order valence-electron chi connectivity index (χ0n) is 5.92. The van der Waals surface area contributed by atoms with Gasteiger partial charge >= 0.3 is 0 Å². The highest BCUT2D eigenvalue weighted by Gasteiger charge is 2.17. The summed E-state index contributed by atoms with van der Waals surface area (Å²) >= 11 is 1.89. The lowest BCUT2D eigenvalue weighted by molar-refractivity contribution is 0.803. The molecule has 1 aliphatic carbocycles. The van der Waals surface area contributed by atoms with Crippen molar-refractivity contribution in [1.29, 1.82) is 0 Å². The third-order valence-electron chi connectivity index (χ3n) is 2.08. The lowest BCUT2D eigenvalue weighted by atomic mass is 10.1. The highest BCUT2D eigenvalue weighted by Crippen LogP contribution is 2.35. The van der Waals surface area contributed by atoms with Crippen LogP contribution in [0.1, 0.15) is 30.1 Å². The summed E-state index contributed by atoms with van der Waals surface area (Å²) in [6, 6.07) is 4.39. The Bertz CT molecular complexity index is 183. The van der Waals surface area contributed by atoms with Gasteiger partial charge in [0, 0.05) is 4.88 Å². The highest BCUT2D eigenvalue weighted by molar-refractivity contribution is 7.10. The molecular formula is C9H11S. The summed E-state index contributed by atoms with van der Waals surface area (Å²) in [5.74, 6) is 0.792. The third kappa shape index (κ3) is 1.10. The SMILES string of the molecule is [CH]1CCCC1c1cccs1. The summed E-state index contributed by atoms with van der Waals surface area (Å²) in [7, 11) is 0. The third-order valence-corrected chi connectivity index (χ3v) is 3.08. The van der Waals surface area contributed by atoms with Crippen LogP contribution >= 0.6 is 11.3 Å². The van der Waals surface area contributed by atoms with Crippen LogP contribution in [0.15, 0.2) is 17.5 Å². The van der Waals surface area contributed by atoms with Crippen molar-refractivity contribution in [2.75, 3.05) is 0 Å².